The summed E-state index contributed by atoms with van der Waals surface area (Å²) in [6, 6.07) is 6.63. The van der Waals surface area contributed by atoms with Crippen LogP contribution in [0.3, 0.4) is 0 Å². The number of carbonyl (C=O) groups is 1. The summed E-state index contributed by atoms with van der Waals surface area (Å²) in [5.41, 5.74) is -0.363. The Morgan fingerprint density at radius 3 is 2.38 bits per heavy atom. The highest BCUT2D eigenvalue weighted by molar-refractivity contribution is 6.30. The SMILES string of the molecule is C[C@@H]([C@@H](Nc1nc(Cl)c(C#N)cc1F)c1ccc(F)cc1)N(C(=O)O)C(C)(C)C. The molecular weight excluding hydrogens is 402 g/mol. The topological polar surface area (TPSA) is 89.3 Å². The summed E-state index contributed by atoms with van der Waals surface area (Å²) in [7, 11) is 0. The Morgan fingerprint density at radius 2 is 1.90 bits per heavy atom. The lowest BCUT2D eigenvalue weighted by molar-refractivity contribution is 0.0692. The van der Waals surface area contributed by atoms with Crippen LogP contribution >= 0.6 is 11.6 Å². The quantitative estimate of drug-likeness (QED) is 0.646. The molecule has 154 valence electrons. The lowest BCUT2D eigenvalue weighted by Gasteiger charge is -2.42. The number of benzene rings is 1. The molecule has 2 atom stereocenters. The van der Waals surface area contributed by atoms with Crippen molar-refractivity contribution in [2.75, 3.05) is 5.32 Å². The van der Waals surface area contributed by atoms with Crippen LogP contribution in [-0.2, 0) is 0 Å². The van der Waals surface area contributed by atoms with Gasteiger partial charge >= 0.3 is 6.09 Å². The van der Waals surface area contributed by atoms with Crippen molar-refractivity contribution in [3.63, 3.8) is 0 Å². The van der Waals surface area contributed by atoms with Crippen LogP contribution in [0.4, 0.5) is 19.4 Å². The van der Waals surface area contributed by atoms with Crippen LogP contribution < -0.4 is 5.32 Å². The highest BCUT2D eigenvalue weighted by Crippen LogP contribution is 2.31. The molecule has 0 fully saturated rings. The minimum atomic E-state index is -1.16. The van der Waals surface area contributed by atoms with Crippen molar-refractivity contribution < 1.29 is 18.7 Å². The number of nitrogens with zero attached hydrogens (tertiary/aromatic N) is 3. The summed E-state index contributed by atoms with van der Waals surface area (Å²) < 4.78 is 27.9. The fourth-order valence-electron chi connectivity index (χ4n) is 3.17. The predicted octanol–water partition coefficient (Wildman–Crippen LogP) is 5.21. The van der Waals surface area contributed by atoms with E-state index in [4.69, 9.17) is 16.9 Å². The average Bonchev–Trinajstić information content (AvgIpc) is 2.61. The maximum Gasteiger partial charge on any atom is 0.408 e. The van der Waals surface area contributed by atoms with E-state index in [1.165, 1.54) is 29.2 Å². The zero-order valence-electron chi connectivity index (χ0n) is 16.4. The van der Waals surface area contributed by atoms with Crippen LogP contribution in [0, 0.1) is 23.0 Å². The molecule has 6 nitrogen and oxygen atoms in total. The summed E-state index contributed by atoms with van der Waals surface area (Å²) >= 11 is 5.92. The Bertz CT molecular complexity index is 939. The maximum absolute atomic E-state index is 14.5. The fourth-order valence-corrected chi connectivity index (χ4v) is 3.35. The molecule has 9 heteroatoms. The minimum Gasteiger partial charge on any atom is -0.465 e. The molecule has 2 N–H and O–H groups in total. The van der Waals surface area contributed by atoms with E-state index >= 15 is 0 Å². The lowest BCUT2D eigenvalue weighted by Crippen LogP contribution is -2.53. The molecule has 2 rings (SSSR count). The number of carboxylic acid groups (broad SMARTS) is 1. The molecule has 2 aromatic rings. The Hall–Kier alpha value is -2.92. The number of hydrogen-bond donors (Lipinski definition) is 2. The second-order valence-electron chi connectivity index (χ2n) is 7.51. The van der Waals surface area contributed by atoms with Crippen molar-refractivity contribution >= 4 is 23.5 Å². The van der Waals surface area contributed by atoms with Crippen LogP contribution in [0.1, 0.15) is 44.9 Å². The Morgan fingerprint density at radius 1 is 1.31 bits per heavy atom. The van der Waals surface area contributed by atoms with E-state index in [1.807, 2.05) is 0 Å². The van der Waals surface area contributed by atoms with Gasteiger partial charge in [-0.25, -0.2) is 18.6 Å². The highest BCUT2D eigenvalue weighted by atomic mass is 35.5. The van der Waals surface area contributed by atoms with Gasteiger partial charge in [-0.05, 0) is 51.5 Å². The van der Waals surface area contributed by atoms with E-state index in [2.05, 4.69) is 10.3 Å². The second kappa shape index (κ2) is 8.62. The van der Waals surface area contributed by atoms with Gasteiger partial charge in [0.1, 0.15) is 17.0 Å². The van der Waals surface area contributed by atoms with Gasteiger partial charge in [-0.2, -0.15) is 5.26 Å². The number of aromatic nitrogens is 1. The van der Waals surface area contributed by atoms with Crippen molar-refractivity contribution in [1.29, 1.82) is 5.26 Å². The van der Waals surface area contributed by atoms with E-state index in [1.54, 1.807) is 33.8 Å². The number of anilines is 1. The van der Waals surface area contributed by atoms with Crippen LogP contribution in [0.5, 0.6) is 0 Å². The van der Waals surface area contributed by atoms with Crippen LogP contribution in [-0.4, -0.2) is 32.7 Å². The average molecular weight is 423 g/mol. The van der Waals surface area contributed by atoms with Crippen LogP contribution in [0.2, 0.25) is 5.15 Å². The minimum absolute atomic E-state index is 0.122. The molecule has 1 amide bonds. The molecule has 0 aliphatic carbocycles. The van der Waals surface area contributed by atoms with Gasteiger partial charge in [-0.1, -0.05) is 23.7 Å². The van der Waals surface area contributed by atoms with Crippen molar-refractivity contribution in [3.8, 4) is 6.07 Å². The molecular formula is C20H21ClF2N4O2. The molecule has 0 radical (unpaired) electrons. The number of amides is 1. The molecule has 1 aromatic heterocycles. The Labute approximate surface area is 172 Å². The number of rotatable bonds is 5. The molecule has 29 heavy (non-hydrogen) atoms. The normalized spacial score (nSPS) is 13.3. The molecule has 0 aliphatic rings. The van der Waals surface area contributed by atoms with Gasteiger partial charge in [0, 0.05) is 5.54 Å². The Balaban J connectivity index is 2.54. The molecule has 0 unspecified atom stereocenters. The standard InChI is InChI=1S/C20H21ClF2N4O2/c1-11(27(19(28)29)20(2,3)4)16(12-5-7-14(22)8-6-12)25-18-15(23)9-13(10-24)17(21)26-18/h5-9,11,16H,1-4H3,(H,25,26)(H,28,29)/t11-,16+/m0/s1. The van der Waals surface area contributed by atoms with E-state index in [-0.39, 0.29) is 16.5 Å². The van der Waals surface area contributed by atoms with Gasteiger partial charge in [-0.15, -0.1) is 0 Å². The molecule has 0 aliphatic heterocycles. The molecule has 0 bridgehead atoms. The van der Waals surface area contributed by atoms with Crippen molar-refractivity contribution in [2.45, 2.75) is 45.3 Å². The van der Waals surface area contributed by atoms with Gasteiger partial charge < -0.3 is 10.4 Å². The fraction of sp³-hybridized carbons (Fsp3) is 0.350. The van der Waals surface area contributed by atoms with Gasteiger partial charge in [-0.3, -0.25) is 4.90 Å². The number of hydrogen-bond acceptors (Lipinski definition) is 4. The van der Waals surface area contributed by atoms with E-state index in [0.29, 0.717) is 5.56 Å². The first-order valence-electron chi connectivity index (χ1n) is 8.76. The smallest absolute Gasteiger partial charge is 0.408 e. The molecule has 0 saturated carbocycles. The van der Waals surface area contributed by atoms with Crippen molar-refractivity contribution in [3.05, 3.63) is 58.2 Å². The first kappa shape index (κ1) is 22.4. The number of nitriles is 1. The zero-order chi connectivity index (χ0) is 21.9. The summed E-state index contributed by atoms with van der Waals surface area (Å²) in [6.45, 7) is 6.85. The first-order valence-corrected chi connectivity index (χ1v) is 9.14. The second-order valence-corrected chi connectivity index (χ2v) is 7.86. The van der Waals surface area contributed by atoms with Crippen molar-refractivity contribution in [2.24, 2.45) is 0 Å². The van der Waals surface area contributed by atoms with Gasteiger partial charge in [0.25, 0.3) is 0 Å². The molecule has 1 heterocycles. The first-order chi connectivity index (χ1) is 13.5. The van der Waals surface area contributed by atoms with Gasteiger partial charge in [0.15, 0.2) is 11.6 Å². The van der Waals surface area contributed by atoms with Crippen molar-refractivity contribution in [1.82, 2.24) is 9.88 Å². The van der Waals surface area contributed by atoms with Crippen LogP contribution in [0.25, 0.3) is 0 Å². The third-order valence-electron chi connectivity index (χ3n) is 4.39. The summed E-state index contributed by atoms with van der Waals surface area (Å²) in [5.74, 6) is -1.52. The van der Waals surface area contributed by atoms with E-state index < -0.39 is 35.4 Å². The summed E-state index contributed by atoms with van der Waals surface area (Å²) in [6.07, 6.45) is -1.16. The molecule has 0 spiro atoms. The Kier molecular flexibility index (Phi) is 6.65. The largest absolute Gasteiger partial charge is 0.465 e. The van der Waals surface area contributed by atoms with Gasteiger partial charge in [0.05, 0.1) is 17.6 Å². The monoisotopic (exact) mass is 422 g/mol. The summed E-state index contributed by atoms with van der Waals surface area (Å²) in [4.78, 5) is 17.0. The van der Waals surface area contributed by atoms with Crippen LogP contribution in [0.15, 0.2) is 30.3 Å². The third kappa shape index (κ3) is 5.12. The molecule has 1 aromatic carbocycles. The highest BCUT2D eigenvalue weighted by Gasteiger charge is 2.36. The molecule has 0 saturated heterocycles. The lowest BCUT2D eigenvalue weighted by atomic mass is 9.95. The number of nitrogens with one attached hydrogen (secondary N) is 1. The van der Waals surface area contributed by atoms with Gasteiger partial charge in [0.2, 0.25) is 0 Å². The zero-order valence-corrected chi connectivity index (χ0v) is 17.1. The summed E-state index contributed by atoms with van der Waals surface area (Å²) in [5, 5.41) is 21.4. The third-order valence-corrected chi connectivity index (χ3v) is 4.68. The number of pyridine rings is 1. The predicted molar refractivity (Wildman–Crippen MR) is 106 cm³/mol. The maximum atomic E-state index is 14.5. The van der Waals surface area contributed by atoms with E-state index in [9.17, 15) is 18.7 Å². The van der Waals surface area contributed by atoms with E-state index in [0.717, 1.165) is 6.07 Å². The number of halogens is 3.